The second-order valence-electron chi connectivity index (χ2n) is 11.6. The third-order valence-corrected chi connectivity index (χ3v) is 8.93. The summed E-state index contributed by atoms with van der Waals surface area (Å²) in [6, 6.07) is 58.2. The van der Waals surface area contributed by atoms with Gasteiger partial charge >= 0.3 is 0 Å². The number of anilines is 3. The van der Waals surface area contributed by atoms with E-state index in [1.807, 2.05) is 6.07 Å². The molecule has 3 heteroatoms. The Morgan fingerprint density at radius 3 is 2.04 bits per heavy atom. The van der Waals surface area contributed by atoms with Crippen molar-refractivity contribution < 1.29 is 4.42 Å². The fourth-order valence-electron chi connectivity index (χ4n) is 6.75. The van der Waals surface area contributed by atoms with Crippen molar-refractivity contribution in [2.24, 2.45) is 0 Å². The van der Waals surface area contributed by atoms with E-state index in [0.29, 0.717) is 5.71 Å². The number of benzene rings is 7. The van der Waals surface area contributed by atoms with Gasteiger partial charge in [0.1, 0.15) is 5.58 Å². The largest absolute Gasteiger partial charge is 0.437 e. The number of hydrogen-bond donors (Lipinski definition) is 0. The highest BCUT2D eigenvalue weighted by Crippen LogP contribution is 2.43. The highest BCUT2D eigenvalue weighted by molar-refractivity contribution is 6.17. The molecule has 0 unspecified atom stereocenters. The molecular formula is C43H28N2O. The fraction of sp³-hybridized carbons (Fsp3) is 0. The zero-order valence-corrected chi connectivity index (χ0v) is 25.0. The molecule has 0 atom stereocenters. The number of aromatic nitrogens is 1. The first-order valence-electron chi connectivity index (χ1n) is 15.5. The van der Waals surface area contributed by atoms with Crippen molar-refractivity contribution in [1.29, 1.82) is 0 Å². The molecule has 0 N–H and O–H groups in total. The lowest BCUT2D eigenvalue weighted by molar-refractivity contribution is 0.657. The third kappa shape index (κ3) is 4.33. The van der Waals surface area contributed by atoms with Gasteiger partial charge in [-0.05, 0) is 81.6 Å². The Morgan fingerprint density at radius 1 is 0.435 bits per heavy atom. The molecule has 0 aliphatic rings. The molecule has 3 nitrogen and oxygen atoms in total. The number of nitrogens with zero attached hydrogens (tertiary/aromatic N) is 2. The molecule has 0 amide bonds. The molecule has 0 saturated carbocycles. The van der Waals surface area contributed by atoms with Gasteiger partial charge in [-0.2, -0.15) is 0 Å². The van der Waals surface area contributed by atoms with Crippen LogP contribution in [0.3, 0.4) is 0 Å². The first-order valence-corrected chi connectivity index (χ1v) is 15.5. The lowest BCUT2D eigenvalue weighted by Crippen LogP contribution is -2.10. The van der Waals surface area contributed by atoms with Gasteiger partial charge in [-0.1, -0.05) is 115 Å². The first-order chi connectivity index (χ1) is 22.8. The van der Waals surface area contributed by atoms with Crippen LogP contribution in [0.4, 0.5) is 17.1 Å². The lowest BCUT2D eigenvalue weighted by Gasteiger charge is -2.27. The van der Waals surface area contributed by atoms with E-state index >= 15 is 0 Å². The van der Waals surface area contributed by atoms with Crippen molar-refractivity contribution in [2.75, 3.05) is 4.90 Å². The van der Waals surface area contributed by atoms with Crippen molar-refractivity contribution in [3.63, 3.8) is 0 Å². The minimum atomic E-state index is 0.659. The average Bonchev–Trinajstić information content (AvgIpc) is 3.52. The van der Waals surface area contributed by atoms with Gasteiger partial charge in [-0.15, -0.1) is 0 Å². The van der Waals surface area contributed by atoms with Crippen LogP contribution in [0, 0.1) is 0 Å². The number of hydrogen-bond acceptors (Lipinski definition) is 3. The van der Waals surface area contributed by atoms with Gasteiger partial charge in [0, 0.05) is 39.1 Å². The van der Waals surface area contributed by atoms with Crippen LogP contribution in [0.1, 0.15) is 0 Å². The van der Waals surface area contributed by atoms with E-state index in [1.54, 1.807) is 6.20 Å². The summed E-state index contributed by atoms with van der Waals surface area (Å²) >= 11 is 0. The lowest BCUT2D eigenvalue weighted by atomic mass is 9.97. The van der Waals surface area contributed by atoms with Crippen molar-refractivity contribution in [2.45, 2.75) is 0 Å². The molecule has 9 rings (SSSR count). The Balaban J connectivity index is 1.24. The first kappa shape index (κ1) is 26.2. The van der Waals surface area contributed by atoms with Gasteiger partial charge in [-0.25, -0.2) is 4.98 Å². The van der Waals surface area contributed by atoms with E-state index in [9.17, 15) is 0 Å². The zero-order chi connectivity index (χ0) is 30.5. The molecular weight excluding hydrogens is 560 g/mol. The summed E-state index contributed by atoms with van der Waals surface area (Å²) in [4.78, 5) is 6.85. The van der Waals surface area contributed by atoms with Crippen molar-refractivity contribution in [3.8, 4) is 22.3 Å². The normalized spacial score (nSPS) is 11.5. The van der Waals surface area contributed by atoms with Crippen molar-refractivity contribution in [1.82, 2.24) is 4.98 Å². The van der Waals surface area contributed by atoms with Crippen LogP contribution in [-0.2, 0) is 0 Å². The summed E-state index contributed by atoms with van der Waals surface area (Å²) in [6.45, 7) is 0. The van der Waals surface area contributed by atoms with Crippen LogP contribution in [0.2, 0.25) is 0 Å². The van der Waals surface area contributed by atoms with Crippen LogP contribution < -0.4 is 4.90 Å². The predicted molar refractivity (Wildman–Crippen MR) is 192 cm³/mol. The molecule has 0 bridgehead atoms. The molecule has 0 fully saturated rings. The molecule has 0 radical (unpaired) electrons. The van der Waals surface area contributed by atoms with Crippen LogP contribution in [-0.4, -0.2) is 4.98 Å². The standard InChI is InChI=1S/C43H28N2O/c1-2-10-29(11-3-1)32-14-6-15-34(28-32)45(33-23-21-31(22-24-33)36-17-7-13-30-12-4-5-16-35(30)36)41-20-8-18-38-37(41)25-26-39-40-19-9-27-44-43(40)46-42(38)39/h1-28H. The number of pyridine rings is 1. The Kier molecular flexibility index (Phi) is 6.14. The molecule has 2 aromatic heterocycles. The second-order valence-corrected chi connectivity index (χ2v) is 11.6. The Morgan fingerprint density at radius 2 is 1.13 bits per heavy atom. The van der Waals surface area contributed by atoms with E-state index in [0.717, 1.165) is 44.2 Å². The van der Waals surface area contributed by atoms with E-state index in [4.69, 9.17) is 4.42 Å². The molecule has 2 heterocycles. The predicted octanol–water partition coefficient (Wildman–Crippen LogP) is 12.1. The summed E-state index contributed by atoms with van der Waals surface area (Å²) in [5, 5.41) is 6.77. The zero-order valence-electron chi connectivity index (χ0n) is 25.0. The van der Waals surface area contributed by atoms with Gasteiger partial charge < -0.3 is 9.32 Å². The van der Waals surface area contributed by atoms with E-state index in [1.165, 1.54) is 33.0 Å². The second kappa shape index (κ2) is 10.8. The maximum Gasteiger partial charge on any atom is 0.227 e. The molecule has 7 aromatic carbocycles. The molecule has 0 aliphatic heterocycles. The van der Waals surface area contributed by atoms with Gasteiger partial charge in [0.2, 0.25) is 5.71 Å². The number of fused-ring (bicyclic) bond motifs is 6. The summed E-state index contributed by atoms with van der Waals surface area (Å²) in [7, 11) is 0. The van der Waals surface area contributed by atoms with E-state index < -0.39 is 0 Å². The van der Waals surface area contributed by atoms with Crippen LogP contribution in [0.25, 0.3) is 65.9 Å². The van der Waals surface area contributed by atoms with Gasteiger partial charge in [-0.3, -0.25) is 0 Å². The molecule has 0 aliphatic carbocycles. The van der Waals surface area contributed by atoms with Crippen molar-refractivity contribution in [3.05, 3.63) is 170 Å². The van der Waals surface area contributed by atoms with E-state index in [-0.39, 0.29) is 0 Å². The number of furan rings is 1. The van der Waals surface area contributed by atoms with Crippen LogP contribution in [0.15, 0.2) is 174 Å². The van der Waals surface area contributed by atoms with Gasteiger partial charge in [0.05, 0.1) is 5.69 Å². The Hall–Kier alpha value is -6.19. The maximum absolute atomic E-state index is 6.36. The average molecular weight is 589 g/mol. The summed E-state index contributed by atoms with van der Waals surface area (Å²) < 4.78 is 6.36. The minimum Gasteiger partial charge on any atom is -0.437 e. The molecule has 0 spiro atoms. The summed E-state index contributed by atoms with van der Waals surface area (Å²) in [5.74, 6) is 0. The molecule has 216 valence electrons. The maximum atomic E-state index is 6.36. The van der Waals surface area contributed by atoms with Gasteiger partial charge in [0.15, 0.2) is 0 Å². The van der Waals surface area contributed by atoms with E-state index in [2.05, 4.69) is 168 Å². The highest BCUT2D eigenvalue weighted by Gasteiger charge is 2.19. The Bertz CT molecular complexity index is 2530. The Labute approximate surface area is 266 Å². The quantitative estimate of drug-likeness (QED) is 0.200. The number of rotatable bonds is 5. The summed E-state index contributed by atoms with van der Waals surface area (Å²) in [6.07, 6.45) is 1.78. The highest BCUT2D eigenvalue weighted by atomic mass is 16.3. The third-order valence-electron chi connectivity index (χ3n) is 8.93. The van der Waals surface area contributed by atoms with Crippen molar-refractivity contribution >= 4 is 60.7 Å². The van der Waals surface area contributed by atoms with Crippen LogP contribution >= 0.6 is 0 Å². The topological polar surface area (TPSA) is 29.3 Å². The molecule has 9 aromatic rings. The molecule has 0 saturated heterocycles. The smallest absolute Gasteiger partial charge is 0.227 e. The SMILES string of the molecule is c1ccc(-c2cccc(N(c3ccc(-c4cccc5ccccc45)cc3)c3cccc4c3ccc3c5cccnc5oc43)c2)cc1. The monoisotopic (exact) mass is 588 g/mol. The van der Waals surface area contributed by atoms with Gasteiger partial charge in [0.25, 0.3) is 0 Å². The van der Waals surface area contributed by atoms with Crippen LogP contribution in [0.5, 0.6) is 0 Å². The minimum absolute atomic E-state index is 0.659. The summed E-state index contributed by atoms with van der Waals surface area (Å²) in [5.41, 5.74) is 9.53. The molecule has 46 heavy (non-hydrogen) atoms. The fourth-order valence-corrected chi connectivity index (χ4v) is 6.75.